The second kappa shape index (κ2) is 10.6. The Balaban J connectivity index is 1.25. The molecule has 3 heterocycles. The molecule has 0 atom stereocenters. The summed E-state index contributed by atoms with van der Waals surface area (Å²) in [4.78, 5) is 15.3. The van der Waals surface area contributed by atoms with E-state index in [1.54, 1.807) is 11.3 Å². The van der Waals surface area contributed by atoms with Crippen molar-refractivity contribution in [3.05, 3.63) is 107 Å². The third kappa shape index (κ3) is 5.00. The Morgan fingerprint density at radius 3 is 2.26 bits per heavy atom. The predicted octanol–water partition coefficient (Wildman–Crippen LogP) is 7.33. The lowest BCUT2D eigenvalue weighted by atomic mass is 9.96. The fourth-order valence-corrected chi connectivity index (χ4v) is 4.91. The maximum atomic E-state index is 4.89. The number of nitrogens with zero attached hydrogens (tertiary/aromatic N) is 4. The quantitative estimate of drug-likeness (QED) is 0.215. The van der Waals surface area contributed by atoms with Gasteiger partial charge in [0, 0.05) is 7.05 Å². The molecule has 0 aliphatic carbocycles. The van der Waals surface area contributed by atoms with Crippen molar-refractivity contribution in [2.24, 2.45) is 7.05 Å². The normalized spacial score (nSPS) is 11.1. The van der Waals surface area contributed by atoms with Gasteiger partial charge in [-0.3, -0.25) is 0 Å². The minimum Gasteiger partial charge on any atom is -0.318 e. The Morgan fingerprint density at radius 1 is 0.853 bits per heavy atom. The summed E-state index contributed by atoms with van der Waals surface area (Å²) >= 11 is 1.67. The summed E-state index contributed by atoms with van der Waals surface area (Å²) in [6.45, 7) is 0. The molecule has 3 aromatic heterocycles. The highest BCUT2D eigenvalue weighted by Crippen LogP contribution is 2.26. The lowest BCUT2D eigenvalue weighted by Crippen LogP contribution is -1.99. The van der Waals surface area contributed by atoms with Crippen molar-refractivity contribution in [3.63, 3.8) is 0 Å². The van der Waals surface area contributed by atoms with Gasteiger partial charge in [0.2, 0.25) is 0 Å². The number of rotatable bonds is 9. The number of aryl methyl sites for hydroxylation is 2. The first kappa shape index (κ1) is 22.2. The van der Waals surface area contributed by atoms with Crippen molar-refractivity contribution in [1.29, 1.82) is 0 Å². The number of imidazole rings is 1. The second-order valence-corrected chi connectivity index (χ2v) is 9.40. The first-order valence-corrected chi connectivity index (χ1v) is 12.7. The van der Waals surface area contributed by atoms with Crippen molar-refractivity contribution in [1.82, 2.24) is 19.5 Å². The van der Waals surface area contributed by atoms with Crippen LogP contribution in [0, 0.1) is 0 Å². The van der Waals surface area contributed by atoms with Crippen LogP contribution in [0.15, 0.2) is 90.6 Å². The largest absolute Gasteiger partial charge is 0.318 e. The molecule has 0 fully saturated rings. The summed E-state index contributed by atoms with van der Waals surface area (Å²) in [7, 11) is 1.99. The van der Waals surface area contributed by atoms with E-state index in [1.807, 2.05) is 24.0 Å². The van der Waals surface area contributed by atoms with E-state index in [-0.39, 0.29) is 0 Å². The van der Waals surface area contributed by atoms with E-state index in [1.165, 1.54) is 16.7 Å². The van der Waals surface area contributed by atoms with E-state index in [2.05, 4.69) is 83.2 Å². The first-order chi connectivity index (χ1) is 16.8. The molecule has 0 N–H and O–H groups in total. The van der Waals surface area contributed by atoms with Gasteiger partial charge in [0.15, 0.2) is 11.5 Å². The molecule has 34 heavy (non-hydrogen) atoms. The molecular weight excluding hydrogens is 436 g/mol. The maximum absolute atomic E-state index is 4.89. The van der Waals surface area contributed by atoms with Gasteiger partial charge in [-0.2, -0.15) is 0 Å². The van der Waals surface area contributed by atoms with Gasteiger partial charge in [-0.05, 0) is 53.8 Å². The van der Waals surface area contributed by atoms with Gasteiger partial charge in [0.1, 0.15) is 5.52 Å². The van der Waals surface area contributed by atoms with Crippen LogP contribution in [-0.4, -0.2) is 19.5 Å². The average Bonchev–Trinajstić information content (AvgIpc) is 3.55. The number of hydrogen-bond donors (Lipinski definition) is 0. The van der Waals surface area contributed by atoms with Gasteiger partial charge in [-0.1, -0.05) is 79.2 Å². The van der Waals surface area contributed by atoms with Crippen LogP contribution in [0.25, 0.3) is 27.4 Å². The summed E-state index contributed by atoms with van der Waals surface area (Å²) in [5, 5.41) is 2.07. The highest BCUT2D eigenvalue weighted by atomic mass is 32.1. The van der Waals surface area contributed by atoms with Crippen LogP contribution in [-0.2, 0) is 13.5 Å². The third-order valence-corrected chi connectivity index (χ3v) is 6.88. The topological polar surface area (TPSA) is 43.6 Å². The number of allylic oxidation sites excluding steroid dienone is 1. The molecule has 5 rings (SSSR count). The molecule has 0 aliphatic rings. The van der Waals surface area contributed by atoms with E-state index in [0.29, 0.717) is 0 Å². The smallest absolute Gasteiger partial charge is 0.172 e. The van der Waals surface area contributed by atoms with E-state index >= 15 is 0 Å². The molecule has 0 bridgehead atoms. The van der Waals surface area contributed by atoms with Crippen LogP contribution in [0.1, 0.15) is 42.5 Å². The van der Waals surface area contributed by atoms with Crippen molar-refractivity contribution in [2.75, 3.05) is 0 Å². The van der Waals surface area contributed by atoms with E-state index in [9.17, 15) is 0 Å². The fraction of sp³-hybridized carbons (Fsp3) is 0.207. The minimum atomic E-state index is 0.805. The Labute approximate surface area is 204 Å². The molecule has 5 aromatic rings. The van der Waals surface area contributed by atoms with Gasteiger partial charge < -0.3 is 4.57 Å². The predicted molar refractivity (Wildman–Crippen MR) is 142 cm³/mol. The molecule has 0 unspecified atom stereocenters. The molecule has 4 nitrogen and oxygen atoms in total. The number of unbranched alkanes of at least 4 members (excludes halogenated alkanes) is 3. The molecule has 0 saturated heterocycles. The lowest BCUT2D eigenvalue weighted by molar-refractivity contribution is 0.681. The van der Waals surface area contributed by atoms with Gasteiger partial charge in [0.05, 0.1) is 16.9 Å². The summed E-state index contributed by atoms with van der Waals surface area (Å²) < 4.78 is 1.98. The van der Waals surface area contributed by atoms with Crippen molar-refractivity contribution >= 4 is 28.1 Å². The van der Waals surface area contributed by atoms with Crippen LogP contribution in [0.5, 0.6) is 0 Å². The molecular formula is C29H28N4S. The monoisotopic (exact) mass is 464 g/mol. The zero-order valence-electron chi connectivity index (χ0n) is 19.4. The van der Waals surface area contributed by atoms with Gasteiger partial charge in [-0.15, -0.1) is 11.3 Å². The van der Waals surface area contributed by atoms with Gasteiger partial charge in [0.25, 0.3) is 0 Å². The Morgan fingerprint density at radius 2 is 1.59 bits per heavy atom. The van der Waals surface area contributed by atoms with E-state index in [0.717, 1.165) is 59.7 Å². The number of thiophene rings is 1. The second-order valence-electron chi connectivity index (χ2n) is 8.45. The average molecular weight is 465 g/mol. The zero-order chi connectivity index (χ0) is 23.2. The molecule has 170 valence electrons. The third-order valence-electron chi connectivity index (χ3n) is 6.01. The molecule has 0 aliphatic heterocycles. The Kier molecular flexibility index (Phi) is 6.91. The van der Waals surface area contributed by atoms with Crippen LogP contribution in [0.4, 0.5) is 0 Å². The van der Waals surface area contributed by atoms with Crippen molar-refractivity contribution in [3.8, 4) is 10.7 Å². The Bertz CT molecular complexity index is 1330. The van der Waals surface area contributed by atoms with Crippen LogP contribution in [0.2, 0.25) is 0 Å². The molecule has 0 spiro atoms. The van der Waals surface area contributed by atoms with Gasteiger partial charge in [-0.25, -0.2) is 15.0 Å². The molecule has 5 heteroatoms. The highest BCUT2D eigenvalue weighted by Gasteiger charge is 2.13. The molecule has 0 amide bonds. The molecule has 0 radical (unpaired) electrons. The summed E-state index contributed by atoms with van der Waals surface area (Å²) in [6.07, 6.45) is 9.59. The van der Waals surface area contributed by atoms with Crippen molar-refractivity contribution in [2.45, 2.75) is 32.1 Å². The first-order valence-electron chi connectivity index (χ1n) is 11.8. The number of hydrogen-bond acceptors (Lipinski definition) is 4. The maximum Gasteiger partial charge on any atom is 0.172 e. The summed E-state index contributed by atoms with van der Waals surface area (Å²) in [5.41, 5.74) is 6.75. The number of benzene rings is 2. The van der Waals surface area contributed by atoms with Crippen LogP contribution < -0.4 is 0 Å². The zero-order valence-corrected chi connectivity index (χ0v) is 20.2. The molecule has 0 saturated carbocycles. The fourth-order valence-electron chi connectivity index (χ4n) is 4.25. The van der Waals surface area contributed by atoms with Crippen molar-refractivity contribution < 1.29 is 0 Å². The van der Waals surface area contributed by atoms with Gasteiger partial charge >= 0.3 is 0 Å². The Hall–Kier alpha value is -3.57. The summed E-state index contributed by atoms with van der Waals surface area (Å²) in [6, 6.07) is 25.5. The lowest BCUT2D eigenvalue weighted by Gasteiger charge is -2.09. The van der Waals surface area contributed by atoms with Crippen LogP contribution >= 0.6 is 11.3 Å². The SMILES string of the molecule is Cn1cnc2c(CCCCCC=C(c3ccccc3)c3ccccc3)nc(-c3cccs3)nc21. The van der Waals surface area contributed by atoms with E-state index in [4.69, 9.17) is 9.97 Å². The van der Waals surface area contributed by atoms with E-state index < -0.39 is 0 Å². The van der Waals surface area contributed by atoms with Crippen LogP contribution in [0.3, 0.4) is 0 Å². The summed E-state index contributed by atoms with van der Waals surface area (Å²) in [5.74, 6) is 0.805. The molecule has 2 aromatic carbocycles. The minimum absolute atomic E-state index is 0.805. The highest BCUT2D eigenvalue weighted by molar-refractivity contribution is 7.13. The number of aromatic nitrogens is 4. The standard InChI is InChI=1S/C29H28N4S/c1-33-21-30-27-25(31-28(32-29(27)33)26-19-12-20-34-26)18-11-3-2-10-17-24(22-13-6-4-7-14-22)23-15-8-5-9-16-23/h4-9,12-17,19-21H,2-3,10-11,18H2,1H3. The number of fused-ring (bicyclic) bond motifs is 1.